The Morgan fingerprint density at radius 3 is 2.79 bits per heavy atom. The maximum absolute atomic E-state index is 13.1. The SMILES string of the molecule is Cc1noc2c(C(F)(F)[I-])cccc12. The Balaban J connectivity index is 2.79. The lowest BCUT2D eigenvalue weighted by Crippen LogP contribution is -3.40. The number of halogens is 3. The van der Waals surface area contributed by atoms with E-state index in [9.17, 15) is 8.78 Å². The van der Waals surface area contributed by atoms with Gasteiger partial charge in [-0.05, 0) is 13.0 Å². The van der Waals surface area contributed by atoms with Gasteiger partial charge in [0.05, 0.1) is 5.69 Å². The zero-order chi connectivity index (χ0) is 10.3. The number of alkyl halides is 3. The average molecular weight is 309 g/mol. The monoisotopic (exact) mass is 309 g/mol. The van der Waals surface area contributed by atoms with Crippen molar-refractivity contribution in [1.82, 2.24) is 5.16 Å². The summed E-state index contributed by atoms with van der Waals surface area (Å²) in [4.78, 5) is 0. The predicted molar refractivity (Wildman–Crippen MR) is 42.6 cm³/mol. The summed E-state index contributed by atoms with van der Waals surface area (Å²) in [6, 6.07) is 4.64. The maximum Gasteiger partial charge on any atom is 0.174 e. The molecule has 75 valence electrons. The van der Waals surface area contributed by atoms with Gasteiger partial charge < -0.3 is 27.1 Å². The molecule has 0 spiro atoms. The second-order valence-corrected chi connectivity index (χ2v) is 4.30. The van der Waals surface area contributed by atoms with Crippen LogP contribution < -0.4 is 22.6 Å². The van der Waals surface area contributed by atoms with Gasteiger partial charge in [-0.2, -0.15) is 0 Å². The third-order valence-electron chi connectivity index (χ3n) is 1.98. The molecule has 0 aliphatic rings. The molecular formula is C9H6F2INO-. The van der Waals surface area contributed by atoms with E-state index in [0.29, 0.717) is 11.1 Å². The van der Waals surface area contributed by atoms with Crippen molar-refractivity contribution in [3.05, 3.63) is 29.5 Å². The third kappa shape index (κ3) is 1.49. The molecule has 14 heavy (non-hydrogen) atoms. The van der Waals surface area contributed by atoms with E-state index in [-0.39, 0.29) is 11.1 Å². The second kappa shape index (κ2) is 3.15. The Morgan fingerprint density at radius 2 is 2.14 bits per heavy atom. The Labute approximate surface area is 92.4 Å². The summed E-state index contributed by atoms with van der Waals surface area (Å²) >= 11 is 1.08. The molecule has 5 heteroatoms. The second-order valence-electron chi connectivity index (χ2n) is 2.95. The van der Waals surface area contributed by atoms with E-state index in [1.165, 1.54) is 6.07 Å². The first-order chi connectivity index (χ1) is 6.50. The summed E-state index contributed by atoms with van der Waals surface area (Å²) in [5.41, 5.74) is 0.670. The van der Waals surface area contributed by atoms with Crippen molar-refractivity contribution in [1.29, 1.82) is 0 Å². The molecule has 2 rings (SSSR count). The number of aryl methyl sites for hydroxylation is 1. The van der Waals surface area contributed by atoms with Crippen molar-refractivity contribution < 1.29 is 35.9 Å². The van der Waals surface area contributed by atoms with Gasteiger partial charge >= 0.3 is 0 Å². The smallest absolute Gasteiger partial charge is 0.174 e. The quantitative estimate of drug-likeness (QED) is 0.536. The molecule has 0 aliphatic heterocycles. The molecule has 1 radical (unpaired) electrons. The van der Waals surface area contributed by atoms with Gasteiger partial charge in [-0.25, -0.2) is 8.78 Å². The molecule has 0 unspecified atom stereocenters. The zero-order valence-electron chi connectivity index (χ0n) is 7.22. The number of aromatic nitrogens is 1. The van der Waals surface area contributed by atoms with Crippen molar-refractivity contribution in [3.63, 3.8) is 0 Å². The normalized spacial score (nSPS) is 12.3. The van der Waals surface area contributed by atoms with Crippen LogP contribution in [-0.4, -0.2) is 5.16 Å². The summed E-state index contributed by atoms with van der Waals surface area (Å²) in [5, 5.41) is 4.30. The van der Waals surface area contributed by atoms with Gasteiger partial charge in [-0.15, -0.1) is 0 Å². The number of nitrogens with zero attached hydrogens (tertiary/aromatic N) is 1. The third-order valence-corrected chi connectivity index (χ3v) is 2.57. The van der Waals surface area contributed by atoms with Crippen molar-refractivity contribution >= 4 is 11.0 Å². The van der Waals surface area contributed by atoms with Gasteiger partial charge in [-0.1, -0.05) is 17.3 Å². The van der Waals surface area contributed by atoms with E-state index >= 15 is 0 Å². The first-order valence-electron chi connectivity index (χ1n) is 3.92. The topological polar surface area (TPSA) is 26.0 Å². The number of fused-ring (bicyclic) bond motifs is 1. The van der Waals surface area contributed by atoms with E-state index < -0.39 is 3.93 Å². The van der Waals surface area contributed by atoms with E-state index in [1.54, 1.807) is 19.1 Å². The van der Waals surface area contributed by atoms with Crippen LogP contribution in [0.25, 0.3) is 11.0 Å². The van der Waals surface area contributed by atoms with Crippen LogP contribution in [0.1, 0.15) is 11.3 Å². The Kier molecular flexibility index (Phi) is 2.21. The lowest BCUT2D eigenvalue weighted by molar-refractivity contribution is -0.583. The number of rotatable bonds is 1. The molecule has 0 aliphatic carbocycles. The highest BCUT2D eigenvalue weighted by molar-refractivity contribution is 5.82. The fourth-order valence-corrected chi connectivity index (χ4v) is 1.73. The van der Waals surface area contributed by atoms with Crippen LogP contribution >= 0.6 is 0 Å². The highest BCUT2D eigenvalue weighted by atomic mass is 127. The first-order valence-corrected chi connectivity index (χ1v) is 5.00. The summed E-state index contributed by atoms with van der Waals surface area (Å²) in [6.07, 6.45) is 0. The highest BCUT2D eigenvalue weighted by Crippen LogP contribution is 2.28. The van der Waals surface area contributed by atoms with E-state index in [4.69, 9.17) is 4.52 Å². The molecule has 0 bridgehead atoms. The maximum atomic E-state index is 13.1. The summed E-state index contributed by atoms with van der Waals surface area (Å²) in [6.45, 7) is 1.72. The summed E-state index contributed by atoms with van der Waals surface area (Å²) < 4.78 is 28.1. The largest absolute Gasteiger partial charge is 0.709 e. The van der Waals surface area contributed by atoms with Crippen LogP contribution in [0.4, 0.5) is 8.78 Å². The molecule has 0 fully saturated rings. The average Bonchev–Trinajstić information content (AvgIpc) is 2.46. The summed E-state index contributed by atoms with van der Waals surface area (Å²) in [5.74, 6) is 0. The van der Waals surface area contributed by atoms with Crippen LogP contribution in [0.15, 0.2) is 22.7 Å². The van der Waals surface area contributed by atoms with Gasteiger partial charge in [0.1, 0.15) is 0 Å². The molecule has 0 N–H and O–H groups in total. The fourth-order valence-electron chi connectivity index (χ4n) is 1.31. The van der Waals surface area contributed by atoms with Crippen molar-refractivity contribution in [2.75, 3.05) is 0 Å². The van der Waals surface area contributed by atoms with Crippen LogP contribution in [0, 0.1) is 6.92 Å². The number of hydrogen-bond acceptors (Lipinski definition) is 2. The Hall–Kier alpha value is -0.720. The van der Waals surface area contributed by atoms with Crippen LogP contribution in [0.3, 0.4) is 0 Å². The molecule has 1 heterocycles. The van der Waals surface area contributed by atoms with Gasteiger partial charge in [0.25, 0.3) is 0 Å². The molecular weight excluding hydrogens is 303 g/mol. The number of para-hydroxylation sites is 1. The van der Waals surface area contributed by atoms with Crippen LogP contribution in [0.5, 0.6) is 0 Å². The molecule has 2 nitrogen and oxygen atoms in total. The molecule has 0 saturated heterocycles. The molecule has 1 aromatic heterocycles. The van der Waals surface area contributed by atoms with E-state index in [0.717, 1.165) is 22.6 Å². The minimum Gasteiger partial charge on any atom is -0.709 e. The van der Waals surface area contributed by atoms with Crippen molar-refractivity contribution in [2.24, 2.45) is 0 Å². The van der Waals surface area contributed by atoms with Gasteiger partial charge in [0, 0.05) is 10.9 Å². The zero-order valence-corrected chi connectivity index (χ0v) is 9.38. The van der Waals surface area contributed by atoms with Gasteiger partial charge in [0.2, 0.25) is 0 Å². The molecule has 1 aromatic carbocycles. The minimum atomic E-state index is -2.93. The predicted octanol–water partition coefficient (Wildman–Crippen LogP) is -0.261. The standard InChI is InChI=1S/C9H6F2INO/c1-5-6-3-2-4-7(9(10,11)12)8(6)14-13-5/h2-4H,1H3/q-1. The fraction of sp³-hybridized carbons (Fsp3) is 0.222. The number of hydrogen-bond donors (Lipinski definition) is 0. The number of benzene rings is 1. The van der Waals surface area contributed by atoms with E-state index in [1.807, 2.05) is 0 Å². The van der Waals surface area contributed by atoms with Gasteiger partial charge in [-0.3, -0.25) is 0 Å². The van der Waals surface area contributed by atoms with Crippen LogP contribution in [0.2, 0.25) is 0 Å². The van der Waals surface area contributed by atoms with Gasteiger partial charge in [0.15, 0.2) is 9.51 Å². The Bertz CT molecular complexity index is 475. The molecule has 2 aromatic rings. The van der Waals surface area contributed by atoms with E-state index in [2.05, 4.69) is 5.16 Å². The Morgan fingerprint density at radius 1 is 1.43 bits per heavy atom. The lowest BCUT2D eigenvalue weighted by Gasteiger charge is -2.21. The summed E-state index contributed by atoms with van der Waals surface area (Å²) in [7, 11) is 0. The highest BCUT2D eigenvalue weighted by Gasteiger charge is 2.20. The van der Waals surface area contributed by atoms with Crippen LogP contribution in [-0.2, 0) is 3.93 Å². The molecule has 0 amide bonds. The van der Waals surface area contributed by atoms with Crippen molar-refractivity contribution in [3.8, 4) is 0 Å². The van der Waals surface area contributed by atoms with Crippen molar-refractivity contribution in [2.45, 2.75) is 10.9 Å². The first kappa shape index (κ1) is 9.82. The molecule has 0 atom stereocenters. The minimum absolute atomic E-state index is 0.129. The molecule has 0 saturated carbocycles. The lowest BCUT2D eigenvalue weighted by atomic mass is 10.1.